The second-order valence-electron chi connectivity index (χ2n) is 5.44. The maximum Gasteiger partial charge on any atom is 0.141 e. The monoisotopic (exact) mass is 283 g/mol. The number of aromatic nitrogens is 2. The zero-order valence-electron chi connectivity index (χ0n) is 11.7. The van der Waals surface area contributed by atoms with Crippen molar-refractivity contribution < 1.29 is 4.79 Å². The Morgan fingerprint density at radius 1 is 1.42 bits per heavy atom. The summed E-state index contributed by atoms with van der Waals surface area (Å²) >= 11 is 6.28. The summed E-state index contributed by atoms with van der Waals surface area (Å²) in [6.07, 6.45) is 4.92. The van der Waals surface area contributed by atoms with Crippen LogP contribution in [0.25, 0.3) is 0 Å². The lowest BCUT2D eigenvalue weighted by Gasteiger charge is -2.24. The lowest BCUT2D eigenvalue weighted by atomic mass is 9.82. The topological polar surface area (TPSA) is 60.9 Å². The van der Waals surface area contributed by atoms with E-state index in [2.05, 4.69) is 5.10 Å². The first-order valence-corrected chi connectivity index (χ1v) is 7.39. The first-order chi connectivity index (χ1) is 9.02. The van der Waals surface area contributed by atoms with E-state index in [0.29, 0.717) is 11.4 Å². The third kappa shape index (κ3) is 3.18. The molecule has 0 aliphatic heterocycles. The van der Waals surface area contributed by atoms with Crippen molar-refractivity contribution in [1.29, 1.82) is 0 Å². The lowest BCUT2D eigenvalue weighted by Crippen LogP contribution is -2.30. The summed E-state index contributed by atoms with van der Waals surface area (Å²) in [6, 6.07) is 0.274. The Bertz CT molecular complexity index is 462. The molecule has 1 aromatic rings. The molecule has 5 heteroatoms. The Kier molecular flexibility index (Phi) is 4.63. The van der Waals surface area contributed by atoms with Gasteiger partial charge in [0, 0.05) is 19.0 Å². The average molecular weight is 284 g/mol. The zero-order chi connectivity index (χ0) is 14.0. The summed E-state index contributed by atoms with van der Waals surface area (Å²) in [4.78, 5) is 12.3. The first-order valence-electron chi connectivity index (χ1n) is 7.01. The van der Waals surface area contributed by atoms with E-state index in [1.807, 2.05) is 14.0 Å². The second-order valence-corrected chi connectivity index (χ2v) is 5.82. The van der Waals surface area contributed by atoms with Crippen LogP contribution in [0.4, 0.5) is 0 Å². The average Bonchev–Trinajstić information content (AvgIpc) is 2.67. The van der Waals surface area contributed by atoms with Crippen LogP contribution < -0.4 is 5.73 Å². The van der Waals surface area contributed by atoms with Gasteiger partial charge in [-0.05, 0) is 32.1 Å². The SMILES string of the molecule is CCc1nn(C)c(CC(=O)C2CCC(N)CC2)c1Cl. The van der Waals surface area contributed by atoms with Gasteiger partial charge < -0.3 is 5.73 Å². The third-order valence-electron chi connectivity index (χ3n) is 4.07. The number of hydrogen-bond donors (Lipinski definition) is 1. The highest BCUT2D eigenvalue weighted by Crippen LogP contribution is 2.27. The smallest absolute Gasteiger partial charge is 0.141 e. The number of ketones is 1. The molecule has 0 spiro atoms. The molecule has 1 fully saturated rings. The summed E-state index contributed by atoms with van der Waals surface area (Å²) in [7, 11) is 1.85. The molecule has 4 nitrogen and oxygen atoms in total. The molecule has 1 aliphatic carbocycles. The molecule has 0 unspecified atom stereocenters. The normalized spacial score (nSPS) is 23.6. The number of hydrogen-bond acceptors (Lipinski definition) is 3. The molecule has 0 bridgehead atoms. The largest absolute Gasteiger partial charge is 0.328 e. The van der Waals surface area contributed by atoms with Crippen LogP contribution in [0.2, 0.25) is 5.02 Å². The van der Waals surface area contributed by atoms with Crippen LogP contribution in [0.15, 0.2) is 0 Å². The molecule has 106 valence electrons. The molecule has 2 rings (SSSR count). The number of rotatable bonds is 4. The zero-order valence-corrected chi connectivity index (χ0v) is 12.4. The van der Waals surface area contributed by atoms with E-state index in [4.69, 9.17) is 17.3 Å². The Labute approximate surface area is 119 Å². The highest BCUT2D eigenvalue weighted by molar-refractivity contribution is 6.32. The fourth-order valence-electron chi connectivity index (χ4n) is 2.76. The van der Waals surface area contributed by atoms with Crippen molar-refractivity contribution in [3.8, 4) is 0 Å². The molecule has 19 heavy (non-hydrogen) atoms. The van der Waals surface area contributed by atoms with Crippen molar-refractivity contribution in [3.63, 3.8) is 0 Å². The van der Waals surface area contributed by atoms with E-state index in [1.165, 1.54) is 0 Å². The predicted molar refractivity (Wildman–Crippen MR) is 76.2 cm³/mol. The molecular formula is C14H22ClN3O. The summed E-state index contributed by atoms with van der Waals surface area (Å²) in [5, 5.41) is 5.01. The molecule has 0 atom stereocenters. The van der Waals surface area contributed by atoms with Crippen LogP contribution in [-0.4, -0.2) is 21.6 Å². The van der Waals surface area contributed by atoms with Crippen LogP contribution in [0.3, 0.4) is 0 Å². The van der Waals surface area contributed by atoms with Crippen LogP contribution in [0.1, 0.15) is 44.0 Å². The van der Waals surface area contributed by atoms with Gasteiger partial charge in [0.15, 0.2) is 0 Å². The Hall–Kier alpha value is -0.870. The number of aryl methyl sites for hydroxylation is 2. The molecule has 1 saturated carbocycles. The van der Waals surface area contributed by atoms with Gasteiger partial charge in [-0.25, -0.2) is 0 Å². The van der Waals surface area contributed by atoms with E-state index in [9.17, 15) is 4.79 Å². The summed E-state index contributed by atoms with van der Waals surface area (Å²) in [5.41, 5.74) is 7.59. The third-order valence-corrected chi connectivity index (χ3v) is 4.51. The molecule has 2 N–H and O–H groups in total. The van der Waals surface area contributed by atoms with Crippen molar-refractivity contribution in [3.05, 3.63) is 16.4 Å². The van der Waals surface area contributed by atoms with Crippen LogP contribution in [0.5, 0.6) is 0 Å². The van der Waals surface area contributed by atoms with Gasteiger partial charge in [0.1, 0.15) is 5.78 Å². The van der Waals surface area contributed by atoms with Crippen LogP contribution in [0, 0.1) is 5.92 Å². The van der Waals surface area contributed by atoms with E-state index in [-0.39, 0.29) is 17.7 Å². The van der Waals surface area contributed by atoms with Gasteiger partial charge in [-0.1, -0.05) is 18.5 Å². The van der Waals surface area contributed by atoms with Gasteiger partial charge in [0.25, 0.3) is 0 Å². The van der Waals surface area contributed by atoms with Gasteiger partial charge in [-0.2, -0.15) is 5.10 Å². The Morgan fingerprint density at radius 2 is 2.05 bits per heavy atom. The number of halogens is 1. The van der Waals surface area contributed by atoms with E-state index in [1.54, 1.807) is 4.68 Å². The van der Waals surface area contributed by atoms with Crippen molar-refractivity contribution >= 4 is 17.4 Å². The maximum absolute atomic E-state index is 12.3. The number of carbonyl (C=O) groups is 1. The van der Waals surface area contributed by atoms with Gasteiger partial charge in [-0.15, -0.1) is 0 Å². The van der Waals surface area contributed by atoms with E-state index < -0.39 is 0 Å². The fourth-order valence-corrected chi connectivity index (χ4v) is 3.12. The first kappa shape index (κ1) is 14.5. The summed E-state index contributed by atoms with van der Waals surface area (Å²) in [6.45, 7) is 2.02. The quantitative estimate of drug-likeness (QED) is 0.922. The van der Waals surface area contributed by atoms with Crippen molar-refractivity contribution in [2.24, 2.45) is 18.7 Å². The number of carbonyl (C=O) groups excluding carboxylic acids is 1. The molecule has 0 radical (unpaired) electrons. The molecule has 0 aromatic carbocycles. The maximum atomic E-state index is 12.3. The summed E-state index contributed by atoms with van der Waals surface area (Å²) in [5.74, 6) is 0.426. The number of nitrogens with two attached hydrogens (primary N) is 1. The molecule has 0 amide bonds. The predicted octanol–water partition coefficient (Wildman–Crippen LogP) is 2.27. The van der Waals surface area contributed by atoms with Gasteiger partial charge in [-0.3, -0.25) is 9.48 Å². The van der Waals surface area contributed by atoms with Gasteiger partial charge in [0.05, 0.1) is 22.8 Å². The van der Waals surface area contributed by atoms with Gasteiger partial charge in [0.2, 0.25) is 0 Å². The minimum atomic E-state index is 0.149. The highest BCUT2D eigenvalue weighted by Gasteiger charge is 2.26. The van der Waals surface area contributed by atoms with Crippen molar-refractivity contribution in [2.45, 2.75) is 51.5 Å². The summed E-state index contributed by atoms with van der Waals surface area (Å²) < 4.78 is 1.74. The lowest BCUT2D eigenvalue weighted by molar-refractivity contribution is -0.123. The number of Topliss-reactive ketones (excluding diaryl/α,β-unsaturated/α-hetero) is 1. The van der Waals surface area contributed by atoms with Gasteiger partial charge >= 0.3 is 0 Å². The molecule has 1 aliphatic rings. The number of nitrogens with zero attached hydrogens (tertiary/aromatic N) is 2. The molecule has 1 heterocycles. The fraction of sp³-hybridized carbons (Fsp3) is 0.714. The molecular weight excluding hydrogens is 262 g/mol. The van der Waals surface area contributed by atoms with E-state index >= 15 is 0 Å². The minimum Gasteiger partial charge on any atom is -0.328 e. The Balaban J connectivity index is 2.05. The standard InChI is InChI=1S/C14H22ClN3O/c1-3-11-14(15)12(18(2)17-11)8-13(19)9-4-6-10(16)7-5-9/h9-10H,3-8,16H2,1-2H3. The minimum absolute atomic E-state index is 0.149. The van der Waals surface area contributed by atoms with E-state index in [0.717, 1.165) is 43.5 Å². The van der Waals surface area contributed by atoms with Crippen molar-refractivity contribution in [2.75, 3.05) is 0 Å². The highest BCUT2D eigenvalue weighted by atomic mass is 35.5. The Morgan fingerprint density at radius 3 is 2.58 bits per heavy atom. The molecule has 0 saturated heterocycles. The second kappa shape index (κ2) is 6.06. The van der Waals surface area contributed by atoms with Crippen molar-refractivity contribution in [1.82, 2.24) is 9.78 Å². The van der Waals surface area contributed by atoms with Crippen LogP contribution in [-0.2, 0) is 24.7 Å². The molecule has 1 aromatic heterocycles. The van der Waals surface area contributed by atoms with Crippen LogP contribution >= 0.6 is 11.6 Å².